The number of aromatic nitrogens is 2. The lowest BCUT2D eigenvalue weighted by atomic mass is 9.94. The van der Waals surface area contributed by atoms with Crippen molar-refractivity contribution < 1.29 is 4.79 Å². The molecule has 1 aliphatic rings. The summed E-state index contributed by atoms with van der Waals surface area (Å²) in [5, 5.41) is 7.12. The van der Waals surface area contributed by atoms with Gasteiger partial charge in [-0.1, -0.05) is 37.5 Å². The van der Waals surface area contributed by atoms with Crippen LogP contribution >= 0.6 is 0 Å². The summed E-state index contributed by atoms with van der Waals surface area (Å²) in [6.45, 7) is 1.57. The van der Waals surface area contributed by atoms with Gasteiger partial charge in [0.15, 0.2) is 0 Å². The van der Waals surface area contributed by atoms with Gasteiger partial charge < -0.3 is 10.2 Å². The molecule has 0 atom stereocenters. The van der Waals surface area contributed by atoms with E-state index in [-0.39, 0.29) is 17.2 Å². The Morgan fingerprint density at radius 1 is 1.15 bits per heavy atom. The van der Waals surface area contributed by atoms with Crippen molar-refractivity contribution in [2.45, 2.75) is 44.6 Å². The van der Waals surface area contributed by atoms with Crippen LogP contribution in [0.15, 0.2) is 47.3 Å². The molecule has 1 heterocycles. The van der Waals surface area contributed by atoms with Gasteiger partial charge in [-0.15, -0.1) is 0 Å². The summed E-state index contributed by atoms with van der Waals surface area (Å²) in [6, 6.07) is 12.7. The Labute approximate surface area is 160 Å². The molecule has 6 nitrogen and oxygen atoms in total. The molecular formula is C21H28N4O2. The highest BCUT2D eigenvalue weighted by Crippen LogP contribution is 2.21. The molecule has 1 fully saturated rings. The van der Waals surface area contributed by atoms with Gasteiger partial charge in [0.05, 0.1) is 5.69 Å². The number of carbonyl (C=O) groups excluding carboxylic acids is 1. The second-order valence-corrected chi connectivity index (χ2v) is 7.19. The van der Waals surface area contributed by atoms with Gasteiger partial charge in [0.1, 0.15) is 5.69 Å². The molecule has 1 saturated carbocycles. The fourth-order valence-corrected chi connectivity index (χ4v) is 3.61. The first-order chi connectivity index (χ1) is 13.1. The molecule has 3 rings (SSSR count). The number of carbonyl (C=O) groups is 1. The number of hydrogen-bond acceptors (Lipinski definition) is 4. The fourth-order valence-electron chi connectivity index (χ4n) is 3.61. The zero-order chi connectivity index (χ0) is 19.1. The van der Waals surface area contributed by atoms with E-state index in [0.717, 1.165) is 13.0 Å². The van der Waals surface area contributed by atoms with E-state index >= 15 is 0 Å². The normalized spacial score (nSPS) is 15.0. The zero-order valence-corrected chi connectivity index (χ0v) is 15.9. The summed E-state index contributed by atoms with van der Waals surface area (Å²) in [7, 11) is 2.18. The minimum absolute atomic E-state index is 0.249. The molecule has 1 N–H and O–H groups in total. The maximum absolute atomic E-state index is 12.4. The summed E-state index contributed by atoms with van der Waals surface area (Å²) < 4.78 is 1.26. The number of nitrogens with one attached hydrogen (secondary N) is 1. The van der Waals surface area contributed by atoms with E-state index < -0.39 is 0 Å². The maximum atomic E-state index is 12.4. The Kier molecular flexibility index (Phi) is 6.76. The lowest BCUT2D eigenvalue weighted by molar-refractivity contribution is 0.0943. The van der Waals surface area contributed by atoms with Gasteiger partial charge >= 0.3 is 0 Å². The molecule has 27 heavy (non-hydrogen) atoms. The Hall–Kier alpha value is -2.47. The highest BCUT2D eigenvalue weighted by molar-refractivity contribution is 5.92. The van der Waals surface area contributed by atoms with E-state index in [1.165, 1.54) is 48.9 Å². The second-order valence-electron chi connectivity index (χ2n) is 7.19. The highest BCUT2D eigenvalue weighted by atomic mass is 16.2. The van der Waals surface area contributed by atoms with Crippen LogP contribution in [0.2, 0.25) is 0 Å². The largest absolute Gasteiger partial charge is 0.351 e. The summed E-state index contributed by atoms with van der Waals surface area (Å²) in [6.07, 6.45) is 7.49. The number of benzene rings is 1. The van der Waals surface area contributed by atoms with E-state index in [1.54, 1.807) is 12.1 Å². The summed E-state index contributed by atoms with van der Waals surface area (Å²) in [5.41, 5.74) is 0.636. The van der Waals surface area contributed by atoms with Crippen LogP contribution in [0.25, 0.3) is 5.69 Å². The maximum Gasteiger partial charge on any atom is 0.271 e. The van der Waals surface area contributed by atoms with Crippen LogP contribution in [0.5, 0.6) is 0 Å². The molecule has 0 radical (unpaired) electrons. The van der Waals surface area contributed by atoms with Gasteiger partial charge in [-0.25, -0.2) is 0 Å². The van der Waals surface area contributed by atoms with Gasteiger partial charge in [0, 0.05) is 18.7 Å². The standard InChI is InChI=1S/C21H28N4O2/c1-24(17-9-4-2-5-10-17)16-8-15-22-21(27)19-13-14-20(26)25(23-19)18-11-6-3-7-12-18/h3,6-7,11-14,17H,2,4-5,8-10,15-16H2,1H3,(H,22,27). The average Bonchev–Trinajstić information content (AvgIpc) is 2.72. The Morgan fingerprint density at radius 2 is 1.89 bits per heavy atom. The van der Waals surface area contributed by atoms with Crippen LogP contribution in [0.1, 0.15) is 49.0 Å². The van der Waals surface area contributed by atoms with Crippen molar-refractivity contribution in [1.29, 1.82) is 0 Å². The van der Waals surface area contributed by atoms with Crippen LogP contribution in [0, 0.1) is 0 Å². The van der Waals surface area contributed by atoms with Crippen molar-refractivity contribution in [2.75, 3.05) is 20.1 Å². The van der Waals surface area contributed by atoms with Gasteiger partial charge in [-0.05, 0) is 51.1 Å². The molecule has 1 aromatic heterocycles. The summed E-state index contributed by atoms with van der Waals surface area (Å²) >= 11 is 0. The molecule has 0 bridgehead atoms. The van der Waals surface area contributed by atoms with E-state index in [2.05, 4.69) is 22.4 Å². The second kappa shape index (κ2) is 9.46. The first-order valence-electron chi connectivity index (χ1n) is 9.79. The van der Waals surface area contributed by atoms with E-state index in [9.17, 15) is 9.59 Å². The van der Waals surface area contributed by atoms with Gasteiger partial charge in [0.2, 0.25) is 0 Å². The van der Waals surface area contributed by atoms with Crippen molar-refractivity contribution in [3.8, 4) is 5.69 Å². The molecule has 1 amide bonds. The molecule has 1 aromatic carbocycles. The third-order valence-corrected chi connectivity index (χ3v) is 5.20. The van der Waals surface area contributed by atoms with Gasteiger partial charge in [0.25, 0.3) is 11.5 Å². The fraction of sp³-hybridized carbons (Fsp3) is 0.476. The van der Waals surface area contributed by atoms with E-state index in [0.29, 0.717) is 18.3 Å². The van der Waals surface area contributed by atoms with Crippen LogP contribution in [-0.4, -0.2) is 46.8 Å². The van der Waals surface area contributed by atoms with E-state index in [1.807, 2.05) is 18.2 Å². The molecular weight excluding hydrogens is 340 g/mol. The minimum atomic E-state index is -0.258. The van der Waals surface area contributed by atoms with Crippen molar-refractivity contribution in [3.05, 3.63) is 58.5 Å². The van der Waals surface area contributed by atoms with Gasteiger partial charge in [-0.2, -0.15) is 9.78 Å². The molecule has 6 heteroatoms. The third-order valence-electron chi connectivity index (χ3n) is 5.20. The Bertz CT molecular complexity index is 797. The topological polar surface area (TPSA) is 67.2 Å². The lowest BCUT2D eigenvalue weighted by Crippen LogP contribution is -2.36. The van der Waals surface area contributed by atoms with Crippen LogP contribution in [-0.2, 0) is 0 Å². The summed E-state index contributed by atoms with van der Waals surface area (Å²) in [4.78, 5) is 26.8. The number of amides is 1. The van der Waals surface area contributed by atoms with Crippen LogP contribution in [0.3, 0.4) is 0 Å². The SMILES string of the molecule is CN(CCCNC(=O)c1ccc(=O)n(-c2ccccc2)n1)C1CCCCC1. The van der Waals surface area contributed by atoms with Gasteiger partial charge in [-0.3, -0.25) is 9.59 Å². The lowest BCUT2D eigenvalue weighted by Gasteiger charge is -2.31. The monoisotopic (exact) mass is 368 g/mol. The predicted octanol–water partition coefficient (Wildman–Crippen LogP) is 2.62. The quantitative estimate of drug-likeness (QED) is 0.763. The van der Waals surface area contributed by atoms with Crippen molar-refractivity contribution in [1.82, 2.24) is 20.0 Å². The molecule has 0 spiro atoms. The molecule has 0 unspecified atom stereocenters. The summed E-state index contributed by atoms with van der Waals surface area (Å²) in [5.74, 6) is -0.250. The predicted molar refractivity (Wildman–Crippen MR) is 106 cm³/mol. The minimum Gasteiger partial charge on any atom is -0.351 e. The first-order valence-corrected chi connectivity index (χ1v) is 9.79. The van der Waals surface area contributed by atoms with Crippen LogP contribution < -0.4 is 10.9 Å². The van der Waals surface area contributed by atoms with Crippen molar-refractivity contribution >= 4 is 5.91 Å². The molecule has 144 valence electrons. The van der Waals surface area contributed by atoms with Crippen molar-refractivity contribution in [2.24, 2.45) is 0 Å². The number of rotatable bonds is 7. The number of para-hydroxylation sites is 1. The van der Waals surface area contributed by atoms with Crippen molar-refractivity contribution in [3.63, 3.8) is 0 Å². The third kappa shape index (κ3) is 5.26. The Morgan fingerprint density at radius 3 is 2.63 bits per heavy atom. The smallest absolute Gasteiger partial charge is 0.271 e. The molecule has 2 aromatic rings. The van der Waals surface area contributed by atoms with E-state index in [4.69, 9.17) is 0 Å². The number of nitrogens with zero attached hydrogens (tertiary/aromatic N) is 3. The molecule has 0 aliphatic heterocycles. The first kappa shape index (κ1) is 19.3. The zero-order valence-electron chi connectivity index (χ0n) is 15.9. The van der Waals surface area contributed by atoms with Crippen LogP contribution in [0.4, 0.5) is 0 Å². The molecule has 1 aliphatic carbocycles. The average molecular weight is 368 g/mol. The number of hydrogen-bond donors (Lipinski definition) is 1. The highest BCUT2D eigenvalue weighted by Gasteiger charge is 2.17. The Balaban J connectivity index is 1.52. The molecule has 0 saturated heterocycles.